The first-order valence-corrected chi connectivity index (χ1v) is 7.55. The number of nitrogens with zero attached hydrogens (tertiary/aromatic N) is 4. The number of thioether (sulfide) groups is 1. The Kier molecular flexibility index (Phi) is 3.60. The van der Waals surface area contributed by atoms with Crippen molar-refractivity contribution in [3.05, 3.63) is 18.5 Å². The van der Waals surface area contributed by atoms with Crippen LogP contribution in [0.2, 0.25) is 0 Å². The Balaban J connectivity index is 1.90. The molecule has 0 saturated carbocycles. The van der Waals surface area contributed by atoms with Gasteiger partial charge in [0.15, 0.2) is 5.65 Å². The zero-order valence-electron chi connectivity index (χ0n) is 8.85. The van der Waals surface area contributed by atoms with E-state index in [2.05, 4.69) is 15.3 Å². The monoisotopic (exact) mass is 273 g/mol. The molecule has 2 aromatic heterocycles. The van der Waals surface area contributed by atoms with Crippen LogP contribution in [0.25, 0.3) is 5.65 Å². The number of rotatable bonds is 5. The Morgan fingerprint density at radius 3 is 3.00 bits per heavy atom. The average molecular weight is 273 g/mol. The maximum absolute atomic E-state index is 10.7. The summed E-state index contributed by atoms with van der Waals surface area (Å²) in [5.74, 6) is 0.645. The fourth-order valence-electron chi connectivity index (χ4n) is 1.22. The molecule has 2 heterocycles. The summed E-state index contributed by atoms with van der Waals surface area (Å²) in [5.41, 5.74) is 0.680. The molecule has 92 valence electrons. The van der Waals surface area contributed by atoms with E-state index in [0.717, 1.165) is 5.03 Å². The lowest BCUT2D eigenvalue weighted by Crippen LogP contribution is -2.16. The Morgan fingerprint density at radius 1 is 1.41 bits per heavy atom. The van der Waals surface area contributed by atoms with E-state index >= 15 is 0 Å². The lowest BCUT2D eigenvalue weighted by atomic mass is 10.6. The normalized spacial score (nSPS) is 12.1. The van der Waals surface area contributed by atoms with Gasteiger partial charge < -0.3 is 0 Å². The van der Waals surface area contributed by atoms with Gasteiger partial charge in [-0.05, 0) is 18.6 Å². The number of primary sulfonamides is 1. The van der Waals surface area contributed by atoms with Crippen LogP contribution in [0.4, 0.5) is 0 Å². The smallest absolute Gasteiger partial charge is 0.209 e. The number of nitrogens with two attached hydrogens (primary N) is 1. The predicted octanol–water partition coefficient (Wildman–Crippen LogP) is -0.105. The summed E-state index contributed by atoms with van der Waals surface area (Å²) in [6.45, 7) is 0. The molecule has 0 aliphatic rings. The van der Waals surface area contributed by atoms with Crippen LogP contribution in [0.5, 0.6) is 0 Å². The highest BCUT2D eigenvalue weighted by Gasteiger charge is 2.04. The summed E-state index contributed by atoms with van der Waals surface area (Å²) in [6.07, 6.45) is 2.02. The summed E-state index contributed by atoms with van der Waals surface area (Å²) in [6, 6.07) is 3.63. The van der Waals surface area contributed by atoms with E-state index in [1.807, 2.05) is 12.1 Å². The van der Waals surface area contributed by atoms with Gasteiger partial charge >= 0.3 is 0 Å². The van der Waals surface area contributed by atoms with Crippen molar-refractivity contribution < 1.29 is 8.42 Å². The first kappa shape index (κ1) is 12.3. The molecular weight excluding hydrogens is 262 g/mol. The van der Waals surface area contributed by atoms with Gasteiger partial charge in [-0.2, -0.15) is 9.61 Å². The molecule has 2 aromatic rings. The molecule has 0 aromatic carbocycles. The summed E-state index contributed by atoms with van der Waals surface area (Å²) < 4.78 is 23.0. The third-order valence-corrected chi connectivity index (χ3v) is 3.82. The van der Waals surface area contributed by atoms with Crippen molar-refractivity contribution in [1.29, 1.82) is 0 Å². The SMILES string of the molecule is NS(=O)(=O)CCCSc1ccc2nncn2n1. The molecule has 0 unspecified atom stereocenters. The highest BCUT2D eigenvalue weighted by atomic mass is 32.2. The van der Waals surface area contributed by atoms with Crippen molar-refractivity contribution in [2.75, 3.05) is 11.5 Å². The minimum atomic E-state index is -3.36. The first-order valence-electron chi connectivity index (χ1n) is 4.85. The summed E-state index contributed by atoms with van der Waals surface area (Å²) in [4.78, 5) is 0. The van der Waals surface area contributed by atoms with E-state index in [9.17, 15) is 8.42 Å². The van der Waals surface area contributed by atoms with Crippen LogP contribution in [-0.2, 0) is 10.0 Å². The molecular formula is C8H11N5O2S2. The molecule has 0 bridgehead atoms. The molecule has 0 aliphatic carbocycles. The fraction of sp³-hybridized carbons (Fsp3) is 0.375. The second kappa shape index (κ2) is 4.98. The number of hydrogen-bond acceptors (Lipinski definition) is 6. The summed E-state index contributed by atoms with van der Waals surface area (Å²) >= 11 is 1.47. The van der Waals surface area contributed by atoms with Gasteiger partial charge in [0.25, 0.3) is 0 Å². The van der Waals surface area contributed by atoms with E-state index in [0.29, 0.717) is 17.8 Å². The molecule has 0 amide bonds. The topological polar surface area (TPSA) is 103 Å². The van der Waals surface area contributed by atoms with Gasteiger partial charge in [-0.15, -0.1) is 22.0 Å². The third kappa shape index (κ3) is 3.65. The Bertz CT molecular complexity index is 609. The summed E-state index contributed by atoms with van der Waals surface area (Å²) in [7, 11) is -3.36. The Hall–Kier alpha value is -1.19. The number of sulfonamides is 1. The highest BCUT2D eigenvalue weighted by Crippen LogP contribution is 2.16. The quantitative estimate of drug-likeness (QED) is 0.602. The van der Waals surface area contributed by atoms with E-state index in [1.165, 1.54) is 18.1 Å². The van der Waals surface area contributed by atoms with E-state index in [4.69, 9.17) is 5.14 Å². The second-order valence-electron chi connectivity index (χ2n) is 3.37. The van der Waals surface area contributed by atoms with Crippen molar-refractivity contribution in [1.82, 2.24) is 19.8 Å². The average Bonchev–Trinajstić information content (AvgIpc) is 2.70. The van der Waals surface area contributed by atoms with Crippen LogP contribution in [0, 0.1) is 0 Å². The molecule has 17 heavy (non-hydrogen) atoms. The number of hydrogen-bond donors (Lipinski definition) is 1. The molecule has 0 fully saturated rings. The predicted molar refractivity (Wildman–Crippen MR) is 64.1 cm³/mol. The third-order valence-electron chi connectivity index (χ3n) is 1.96. The molecule has 2 N–H and O–H groups in total. The first-order chi connectivity index (χ1) is 8.04. The van der Waals surface area contributed by atoms with Gasteiger partial charge in [-0.25, -0.2) is 13.6 Å². The molecule has 7 nitrogen and oxygen atoms in total. The second-order valence-corrected chi connectivity index (χ2v) is 6.22. The Labute approximate surface area is 102 Å². The lowest BCUT2D eigenvalue weighted by molar-refractivity contribution is 0.596. The molecule has 9 heteroatoms. The van der Waals surface area contributed by atoms with Crippen molar-refractivity contribution >= 4 is 27.4 Å². The van der Waals surface area contributed by atoms with E-state index in [1.54, 1.807) is 4.52 Å². The lowest BCUT2D eigenvalue weighted by Gasteiger charge is -2.00. The number of aromatic nitrogens is 4. The van der Waals surface area contributed by atoms with Crippen LogP contribution < -0.4 is 5.14 Å². The summed E-state index contributed by atoms with van der Waals surface area (Å²) in [5, 5.41) is 17.5. The molecule has 0 atom stereocenters. The largest absolute Gasteiger partial charge is 0.229 e. The molecule has 2 rings (SSSR count). The molecule has 0 radical (unpaired) electrons. The van der Waals surface area contributed by atoms with Crippen LogP contribution in [-0.4, -0.2) is 39.7 Å². The van der Waals surface area contributed by atoms with Gasteiger partial charge in [-0.1, -0.05) is 0 Å². The van der Waals surface area contributed by atoms with Crippen LogP contribution in [0.1, 0.15) is 6.42 Å². The maximum Gasteiger partial charge on any atom is 0.209 e. The van der Waals surface area contributed by atoms with Gasteiger partial charge in [0, 0.05) is 5.75 Å². The maximum atomic E-state index is 10.7. The van der Waals surface area contributed by atoms with Crippen molar-refractivity contribution in [3.63, 3.8) is 0 Å². The van der Waals surface area contributed by atoms with Crippen molar-refractivity contribution in [2.45, 2.75) is 11.4 Å². The van der Waals surface area contributed by atoms with Crippen molar-refractivity contribution in [2.24, 2.45) is 5.14 Å². The molecule has 0 spiro atoms. The highest BCUT2D eigenvalue weighted by molar-refractivity contribution is 7.99. The van der Waals surface area contributed by atoms with Gasteiger partial charge in [0.05, 0.1) is 5.75 Å². The van der Waals surface area contributed by atoms with Crippen LogP contribution in [0.3, 0.4) is 0 Å². The van der Waals surface area contributed by atoms with E-state index in [-0.39, 0.29) is 5.75 Å². The fourth-order valence-corrected chi connectivity index (χ4v) is 2.76. The number of fused-ring (bicyclic) bond motifs is 1. The minimum Gasteiger partial charge on any atom is -0.229 e. The standard InChI is InChI=1S/C8H11N5O2S2/c9-17(14,15)5-1-4-16-8-3-2-7-11-10-6-13(7)12-8/h2-3,6H,1,4-5H2,(H2,9,14,15). The zero-order chi connectivity index (χ0) is 12.3. The van der Waals surface area contributed by atoms with Crippen LogP contribution in [0.15, 0.2) is 23.5 Å². The molecule has 0 aliphatic heterocycles. The van der Waals surface area contributed by atoms with Gasteiger partial charge in [0.1, 0.15) is 11.4 Å². The van der Waals surface area contributed by atoms with E-state index < -0.39 is 10.0 Å². The molecule has 0 saturated heterocycles. The van der Waals surface area contributed by atoms with Crippen LogP contribution >= 0.6 is 11.8 Å². The minimum absolute atomic E-state index is 0.00508. The zero-order valence-corrected chi connectivity index (χ0v) is 10.5. The van der Waals surface area contributed by atoms with Gasteiger partial charge in [0.2, 0.25) is 10.0 Å². The Morgan fingerprint density at radius 2 is 2.24 bits per heavy atom. The van der Waals surface area contributed by atoms with Gasteiger partial charge in [-0.3, -0.25) is 0 Å². The van der Waals surface area contributed by atoms with Crippen molar-refractivity contribution in [3.8, 4) is 0 Å².